The number of hydrogen-bond donors (Lipinski definition) is 1. The van der Waals surface area contributed by atoms with Crippen LogP contribution in [-0.2, 0) is 6.54 Å². The summed E-state index contributed by atoms with van der Waals surface area (Å²) in [4.78, 5) is 16.8. The molecule has 2 aliphatic rings. The molecular weight excluding hydrogens is 422 g/mol. The van der Waals surface area contributed by atoms with Crippen LogP contribution < -0.4 is 10.1 Å². The van der Waals surface area contributed by atoms with Gasteiger partial charge in [0.1, 0.15) is 5.75 Å². The number of ether oxygens (including phenoxy) is 1. The van der Waals surface area contributed by atoms with Crippen LogP contribution >= 0.6 is 11.6 Å². The molecule has 1 aliphatic carbocycles. The minimum atomic E-state index is -0.0722. The number of aryl methyl sites for hydroxylation is 2. The van der Waals surface area contributed by atoms with Gasteiger partial charge in [-0.2, -0.15) is 0 Å². The Labute approximate surface area is 196 Å². The van der Waals surface area contributed by atoms with Gasteiger partial charge in [0, 0.05) is 25.8 Å². The van der Waals surface area contributed by atoms with E-state index in [0.29, 0.717) is 5.92 Å². The first-order valence-corrected chi connectivity index (χ1v) is 12.0. The van der Waals surface area contributed by atoms with Crippen molar-refractivity contribution in [3.05, 3.63) is 58.1 Å². The molecule has 6 heteroatoms. The highest BCUT2D eigenvalue weighted by Gasteiger charge is 2.33. The number of carbonyl (C=O) groups is 1. The summed E-state index contributed by atoms with van der Waals surface area (Å²) in [6.45, 7) is 7.99. The highest BCUT2D eigenvalue weighted by molar-refractivity contribution is 6.32. The molecule has 1 saturated carbocycles. The first-order chi connectivity index (χ1) is 15.4. The molecule has 1 heterocycles. The van der Waals surface area contributed by atoms with Gasteiger partial charge in [0.05, 0.1) is 11.1 Å². The van der Waals surface area contributed by atoms with Crippen molar-refractivity contribution in [1.82, 2.24) is 9.80 Å². The lowest BCUT2D eigenvalue weighted by atomic mass is 9.82. The van der Waals surface area contributed by atoms with Crippen LogP contribution in [0.4, 0.5) is 10.5 Å². The van der Waals surface area contributed by atoms with Crippen molar-refractivity contribution in [2.75, 3.05) is 32.0 Å². The number of carbonyl (C=O) groups excluding carboxylic acids is 1. The van der Waals surface area contributed by atoms with Crippen LogP contribution in [-0.4, -0.2) is 48.6 Å². The molecule has 2 aromatic carbocycles. The van der Waals surface area contributed by atoms with E-state index in [9.17, 15) is 4.79 Å². The van der Waals surface area contributed by atoms with Gasteiger partial charge in [0.15, 0.2) is 0 Å². The van der Waals surface area contributed by atoms with Crippen LogP contribution in [0.15, 0.2) is 36.4 Å². The molecule has 0 aromatic heterocycles. The minimum Gasteiger partial charge on any atom is -0.489 e. The van der Waals surface area contributed by atoms with E-state index in [4.69, 9.17) is 16.3 Å². The molecule has 172 valence electrons. The van der Waals surface area contributed by atoms with E-state index in [-0.39, 0.29) is 12.1 Å². The zero-order valence-corrected chi connectivity index (χ0v) is 20.1. The lowest BCUT2D eigenvalue weighted by Gasteiger charge is -2.37. The molecule has 1 N–H and O–H groups in total. The normalized spacial score (nSPS) is 20.6. The molecule has 0 unspecified atom stereocenters. The lowest BCUT2D eigenvalue weighted by Crippen LogP contribution is -2.43. The van der Waals surface area contributed by atoms with Crippen LogP contribution in [0, 0.1) is 19.8 Å². The van der Waals surface area contributed by atoms with Crippen molar-refractivity contribution < 1.29 is 9.53 Å². The molecule has 5 nitrogen and oxygen atoms in total. The second-order valence-electron chi connectivity index (χ2n) is 9.48. The first kappa shape index (κ1) is 22.9. The third-order valence-corrected chi connectivity index (χ3v) is 6.90. The Balaban J connectivity index is 1.24. The summed E-state index contributed by atoms with van der Waals surface area (Å²) in [5.41, 5.74) is 4.28. The van der Waals surface area contributed by atoms with Gasteiger partial charge < -0.3 is 15.0 Å². The third-order valence-electron chi connectivity index (χ3n) is 6.47. The van der Waals surface area contributed by atoms with Gasteiger partial charge in [-0.1, -0.05) is 29.8 Å². The van der Waals surface area contributed by atoms with Gasteiger partial charge in [-0.25, -0.2) is 4.79 Å². The zero-order valence-electron chi connectivity index (χ0n) is 19.4. The Kier molecular flexibility index (Phi) is 7.27. The Hall–Kier alpha value is -2.24. The average molecular weight is 456 g/mol. The molecule has 1 aliphatic heterocycles. The van der Waals surface area contributed by atoms with Gasteiger partial charge in [0.25, 0.3) is 0 Å². The van der Waals surface area contributed by atoms with Gasteiger partial charge in [-0.3, -0.25) is 4.90 Å². The molecule has 0 atom stereocenters. The van der Waals surface area contributed by atoms with E-state index in [1.165, 1.54) is 12.8 Å². The van der Waals surface area contributed by atoms with Crippen molar-refractivity contribution in [3.63, 3.8) is 0 Å². The van der Waals surface area contributed by atoms with Crippen LogP contribution in [0.2, 0.25) is 5.02 Å². The molecule has 4 rings (SSSR count). The monoisotopic (exact) mass is 455 g/mol. The molecule has 2 aromatic rings. The molecular formula is C26H34ClN3O2. The van der Waals surface area contributed by atoms with Crippen LogP contribution in [0.5, 0.6) is 5.75 Å². The predicted molar refractivity (Wildman–Crippen MR) is 131 cm³/mol. The fraction of sp³-hybridized carbons (Fsp3) is 0.500. The number of rotatable bonds is 7. The van der Waals surface area contributed by atoms with Crippen molar-refractivity contribution in [2.45, 2.75) is 52.2 Å². The number of urea groups is 1. The summed E-state index contributed by atoms with van der Waals surface area (Å²) in [6.07, 6.45) is 4.58. The highest BCUT2D eigenvalue weighted by Crippen LogP contribution is 2.36. The van der Waals surface area contributed by atoms with Gasteiger partial charge >= 0.3 is 6.03 Å². The SMILES string of the molecule is Cc1cc(C)cc(NC(=O)N(C)CC2CC(Oc3cccc(CN4CCCC4)c3Cl)C2)c1. The highest BCUT2D eigenvalue weighted by atomic mass is 35.5. The topological polar surface area (TPSA) is 44.8 Å². The van der Waals surface area contributed by atoms with E-state index in [1.54, 1.807) is 4.90 Å². The molecule has 0 radical (unpaired) electrons. The number of anilines is 1. The fourth-order valence-electron chi connectivity index (χ4n) is 4.79. The van der Waals surface area contributed by atoms with E-state index < -0.39 is 0 Å². The number of nitrogens with one attached hydrogen (secondary N) is 1. The van der Waals surface area contributed by atoms with Crippen molar-refractivity contribution >= 4 is 23.3 Å². The van der Waals surface area contributed by atoms with Crippen molar-refractivity contribution in [1.29, 1.82) is 0 Å². The number of amides is 2. The molecule has 0 bridgehead atoms. The maximum atomic E-state index is 12.6. The number of nitrogens with zero attached hydrogens (tertiary/aromatic N) is 2. The van der Waals surface area contributed by atoms with E-state index in [1.807, 2.05) is 45.2 Å². The Morgan fingerprint density at radius 2 is 1.84 bits per heavy atom. The van der Waals surface area contributed by atoms with E-state index >= 15 is 0 Å². The summed E-state index contributed by atoms with van der Waals surface area (Å²) < 4.78 is 6.21. The Morgan fingerprint density at radius 1 is 1.16 bits per heavy atom. The molecule has 1 saturated heterocycles. The maximum Gasteiger partial charge on any atom is 0.321 e. The minimum absolute atomic E-state index is 0.0722. The number of likely N-dealkylation sites (tertiary alicyclic amines) is 1. The van der Waals surface area contributed by atoms with Crippen LogP contribution in [0.25, 0.3) is 0 Å². The van der Waals surface area contributed by atoms with Gasteiger partial charge in [-0.15, -0.1) is 0 Å². The van der Waals surface area contributed by atoms with E-state index in [0.717, 1.165) is 72.2 Å². The largest absolute Gasteiger partial charge is 0.489 e. The second kappa shape index (κ2) is 10.1. The number of benzene rings is 2. The third kappa shape index (κ3) is 5.76. The van der Waals surface area contributed by atoms with Crippen molar-refractivity contribution in [2.24, 2.45) is 5.92 Å². The molecule has 32 heavy (non-hydrogen) atoms. The van der Waals surface area contributed by atoms with E-state index in [2.05, 4.69) is 22.3 Å². The number of hydrogen-bond acceptors (Lipinski definition) is 3. The summed E-state index contributed by atoms with van der Waals surface area (Å²) in [7, 11) is 1.85. The maximum absolute atomic E-state index is 12.6. The quantitative estimate of drug-likeness (QED) is 0.567. The Bertz CT molecular complexity index is 932. The van der Waals surface area contributed by atoms with Crippen LogP contribution in [0.1, 0.15) is 42.4 Å². The fourth-order valence-corrected chi connectivity index (χ4v) is 5.02. The first-order valence-electron chi connectivity index (χ1n) is 11.6. The van der Waals surface area contributed by atoms with Crippen LogP contribution in [0.3, 0.4) is 0 Å². The summed E-state index contributed by atoms with van der Waals surface area (Å²) >= 11 is 6.66. The molecule has 2 amide bonds. The summed E-state index contributed by atoms with van der Waals surface area (Å²) in [5, 5.41) is 3.75. The lowest BCUT2D eigenvalue weighted by molar-refractivity contribution is 0.0532. The standard InChI is InChI=1S/C26H34ClN3O2/c1-18-11-19(2)13-22(12-18)28-26(31)29(3)16-20-14-23(15-20)32-24-8-6-7-21(25(24)27)17-30-9-4-5-10-30/h6-8,11-13,20,23H,4-5,9-10,14-17H2,1-3H3,(H,28,31). The second-order valence-corrected chi connectivity index (χ2v) is 9.85. The molecule has 0 spiro atoms. The summed E-state index contributed by atoms with van der Waals surface area (Å²) in [6, 6.07) is 12.1. The van der Waals surface area contributed by atoms with Gasteiger partial charge in [-0.05, 0) is 93.4 Å². The van der Waals surface area contributed by atoms with Gasteiger partial charge in [0.2, 0.25) is 0 Å². The average Bonchev–Trinajstić information content (AvgIpc) is 3.21. The zero-order chi connectivity index (χ0) is 22.7. The van der Waals surface area contributed by atoms with Crippen molar-refractivity contribution in [3.8, 4) is 5.75 Å². The Morgan fingerprint density at radius 3 is 2.53 bits per heavy atom. The predicted octanol–water partition coefficient (Wildman–Crippen LogP) is 5.87. The smallest absolute Gasteiger partial charge is 0.321 e. The summed E-state index contributed by atoms with van der Waals surface area (Å²) in [5.74, 6) is 1.23. The molecule has 2 fully saturated rings. The number of halogens is 1.